The van der Waals surface area contributed by atoms with Gasteiger partial charge in [0.1, 0.15) is 11.6 Å². The van der Waals surface area contributed by atoms with Crippen molar-refractivity contribution in [1.82, 2.24) is 25.0 Å². The Morgan fingerprint density at radius 3 is 2.72 bits per heavy atom. The Hall–Kier alpha value is -2.41. The summed E-state index contributed by atoms with van der Waals surface area (Å²) in [5, 5.41) is 11.7. The fraction of sp³-hybridized carbons (Fsp3) is 0.591. The monoisotopic (exact) mass is 399 g/mol. The zero-order valence-electron chi connectivity index (χ0n) is 18.3. The van der Waals surface area contributed by atoms with E-state index in [9.17, 15) is 4.79 Å². The molecule has 0 unspecified atom stereocenters. The van der Waals surface area contributed by atoms with Gasteiger partial charge in [-0.3, -0.25) is 9.69 Å². The summed E-state index contributed by atoms with van der Waals surface area (Å²) in [7, 11) is 1.72. The highest BCUT2D eigenvalue weighted by Gasteiger charge is 2.20. The second-order valence-electron chi connectivity index (χ2n) is 7.99. The quantitative estimate of drug-likeness (QED) is 0.775. The maximum absolute atomic E-state index is 12.1. The van der Waals surface area contributed by atoms with Gasteiger partial charge in [-0.2, -0.15) is 0 Å². The van der Waals surface area contributed by atoms with Crippen LogP contribution < -0.4 is 10.1 Å². The fourth-order valence-corrected chi connectivity index (χ4v) is 3.72. The minimum atomic E-state index is 0.0215. The van der Waals surface area contributed by atoms with E-state index in [-0.39, 0.29) is 11.8 Å². The molecular weight excluding hydrogens is 366 g/mol. The molecule has 1 aromatic carbocycles. The summed E-state index contributed by atoms with van der Waals surface area (Å²) in [5.74, 6) is 2.88. The molecule has 7 heteroatoms. The minimum absolute atomic E-state index is 0.0215. The first-order chi connectivity index (χ1) is 13.9. The maximum atomic E-state index is 12.1. The molecule has 2 aromatic rings. The molecule has 1 atom stereocenters. The average Bonchev–Trinajstić information content (AvgIpc) is 3.00. The molecule has 2 heterocycles. The number of aromatic nitrogens is 3. The summed E-state index contributed by atoms with van der Waals surface area (Å²) < 4.78 is 7.61. The molecule has 158 valence electrons. The number of fused-ring (bicyclic) bond motifs is 1. The second kappa shape index (κ2) is 9.39. The first kappa shape index (κ1) is 21.3. The SMILES string of the molecule is CC[C@H](C)C(=O)NCc1nnc2n1CCN(Cc1cc(C)c(OC)cc1C)CC2. The Labute approximate surface area is 173 Å². The zero-order valence-corrected chi connectivity index (χ0v) is 18.3. The molecule has 29 heavy (non-hydrogen) atoms. The number of methoxy groups -OCH3 is 1. The van der Waals surface area contributed by atoms with Crippen molar-refractivity contribution in [3.63, 3.8) is 0 Å². The van der Waals surface area contributed by atoms with Gasteiger partial charge in [0.05, 0.1) is 13.7 Å². The lowest BCUT2D eigenvalue weighted by Crippen LogP contribution is -2.30. The van der Waals surface area contributed by atoms with Crippen molar-refractivity contribution >= 4 is 5.91 Å². The predicted octanol–water partition coefficient (Wildman–Crippen LogP) is 2.62. The topological polar surface area (TPSA) is 72.3 Å². The van der Waals surface area contributed by atoms with Gasteiger partial charge in [-0.1, -0.05) is 19.9 Å². The number of hydrogen-bond donors (Lipinski definition) is 1. The van der Waals surface area contributed by atoms with Crippen molar-refractivity contribution in [2.24, 2.45) is 5.92 Å². The molecule has 0 radical (unpaired) electrons. The Bertz CT molecular complexity index is 861. The summed E-state index contributed by atoms with van der Waals surface area (Å²) in [6.45, 7) is 12.3. The van der Waals surface area contributed by atoms with Gasteiger partial charge in [-0.25, -0.2) is 0 Å². The zero-order chi connectivity index (χ0) is 21.0. The molecule has 0 fully saturated rings. The van der Waals surface area contributed by atoms with E-state index < -0.39 is 0 Å². The van der Waals surface area contributed by atoms with Crippen LogP contribution in [-0.4, -0.2) is 45.8 Å². The van der Waals surface area contributed by atoms with Crippen LogP contribution >= 0.6 is 0 Å². The van der Waals surface area contributed by atoms with Gasteiger partial charge in [0.2, 0.25) is 5.91 Å². The van der Waals surface area contributed by atoms with Gasteiger partial charge >= 0.3 is 0 Å². The van der Waals surface area contributed by atoms with Crippen LogP contribution in [0, 0.1) is 19.8 Å². The molecule has 0 aliphatic carbocycles. The van der Waals surface area contributed by atoms with E-state index in [4.69, 9.17) is 4.74 Å². The maximum Gasteiger partial charge on any atom is 0.223 e. The number of carbonyl (C=O) groups excluding carboxylic acids is 1. The van der Waals surface area contributed by atoms with Crippen LogP contribution in [0.3, 0.4) is 0 Å². The Kier molecular flexibility index (Phi) is 6.90. The van der Waals surface area contributed by atoms with Crippen LogP contribution in [0.1, 0.15) is 48.6 Å². The van der Waals surface area contributed by atoms with Gasteiger partial charge in [0.25, 0.3) is 0 Å². The summed E-state index contributed by atoms with van der Waals surface area (Å²) in [4.78, 5) is 14.5. The highest BCUT2D eigenvalue weighted by molar-refractivity contribution is 5.78. The van der Waals surface area contributed by atoms with E-state index in [0.717, 1.165) is 56.4 Å². The Balaban J connectivity index is 1.63. The first-order valence-corrected chi connectivity index (χ1v) is 10.5. The lowest BCUT2D eigenvalue weighted by atomic mass is 10.0. The van der Waals surface area contributed by atoms with Crippen molar-refractivity contribution < 1.29 is 9.53 Å². The van der Waals surface area contributed by atoms with Gasteiger partial charge in [-0.05, 0) is 43.0 Å². The number of rotatable bonds is 7. The van der Waals surface area contributed by atoms with Crippen LogP contribution in [0.4, 0.5) is 0 Å². The summed E-state index contributed by atoms with van der Waals surface area (Å²) in [5.41, 5.74) is 3.76. The number of nitrogens with zero attached hydrogens (tertiary/aromatic N) is 4. The minimum Gasteiger partial charge on any atom is -0.496 e. The molecule has 0 saturated heterocycles. The molecule has 3 rings (SSSR count). The lowest BCUT2D eigenvalue weighted by Gasteiger charge is -2.22. The van der Waals surface area contributed by atoms with E-state index in [1.54, 1.807) is 7.11 Å². The van der Waals surface area contributed by atoms with Crippen LogP contribution in [0.5, 0.6) is 5.75 Å². The largest absolute Gasteiger partial charge is 0.496 e. The summed E-state index contributed by atoms with van der Waals surface area (Å²) in [6, 6.07) is 4.35. The van der Waals surface area contributed by atoms with Crippen LogP contribution in [0.25, 0.3) is 0 Å². The number of amides is 1. The number of hydrogen-bond acceptors (Lipinski definition) is 5. The number of carbonyl (C=O) groups is 1. The van der Waals surface area contributed by atoms with Gasteiger partial charge in [0.15, 0.2) is 5.82 Å². The number of benzene rings is 1. The smallest absolute Gasteiger partial charge is 0.223 e. The van der Waals surface area contributed by atoms with E-state index in [0.29, 0.717) is 6.54 Å². The number of nitrogens with one attached hydrogen (secondary N) is 1. The highest BCUT2D eigenvalue weighted by Crippen LogP contribution is 2.24. The van der Waals surface area contributed by atoms with E-state index >= 15 is 0 Å². The number of aryl methyl sites for hydroxylation is 2. The molecule has 1 N–H and O–H groups in total. The third kappa shape index (κ3) is 4.96. The molecular formula is C22H33N5O2. The first-order valence-electron chi connectivity index (χ1n) is 10.5. The number of ether oxygens (including phenoxy) is 1. The molecule has 7 nitrogen and oxygen atoms in total. The van der Waals surface area contributed by atoms with Crippen LogP contribution in [0.15, 0.2) is 12.1 Å². The van der Waals surface area contributed by atoms with E-state index in [1.807, 2.05) is 13.8 Å². The summed E-state index contributed by atoms with van der Waals surface area (Å²) >= 11 is 0. The normalized spacial score (nSPS) is 15.5. The fourth-order valence-electron chi connectivity index (χ4n) is 3.72. The third-order valence-corrected chi connectivity index (χ3v) is 5.92. The van der Waals surface area contributed by atoms with Crippen LogP contribution in [0.2, 0.25) is 0 Å². The second-order valence-corrected chi connectivity index (χ2v) is 7.99. The van der Waals surface area contributed by atoms with Crippen molar-refractivity contribution in [2.45, 2.75) is 60.2 Å². The molecule has 0 saturated carbocycles. The van der Waals surface area contributed by atoms with Crippen molar-refractivity contribution in [3.05, 3.63) is 40.5 Å². The molecule has 1 aliphatic heterocycles. The summed E-state index contributed by atoms with van der Waals surface area (Å²) in [6.07, 6.45) is 1.70. The van der Waals surface area contributed by atoms with Crippen molar-refractivity contribution in [3.8, 4) is 5.75 Å². The molecule has 1 aromatic heterocycles. The molecule has 0 spiro atoms. The van der Waals surface area contributed by atoms with Crippen molar-refractivity contribution in [2.75, 3.05) is 20.2 Å². The Morgan fingerprint density at radius 2 is 2.00 bits per heavy atom. The lowest BCUT2D eigenvalue weighted by molar-refractivity contribution is -0.124. The third-order valence-electron chi connectivity index (χ3n) is 5.92. The predicted molar refractivity (Wildman–Crippen MR) is 113 cm³/mol. The highest BCUT2D eigenvalue weighted by atomic mass is 16.5. The Morgan fingerprint density at radius 1 is 1.21 bits per heavy atom. The van der Waals surface area contributed by atoms with Crippen LogP contribution in [-0.2, 0) is 30.8 Å². The standard InChI is InChI=1S/C22H33N5O2/c1-6-15(2)22(28)23-13-21-25-24-20-7-8-26(9-10-27(20)21)14-18-11-17(4)19(29-5)12-16(18)3/h11-12,15H,6-10,13-14H2,1-5H3,(H,23,28)/t15-/m0/s1. The van der Waals surface area contributed by atoms with E-state index in [1.165, 1.54) is 16.7 Å². The molecule has 1 aliphatic rings. The van der Waals surface area contributed by atoms with Gasteiger partial charge in [0, 0.05) is 38.5 Å². The van der Waals surface area contributed by atoms with Gasteiger partial charge in [-0.15, -0.1) is 10.2 Å². The molecule has 0 bridgehead atoms. The molecule has 1 amide bonds. The van der Waals surface area contributed by atoms with Crippen molar-refractivity contribution in [1.29, 1.82) is 0 Å². The van der Waals surface area contributed by atoms with Gasteiger partial charge < -0.3 is 14.6 Å². The average molecular weight is 400 g/mol. The van der Waals surface area contributed by atoms with E-state index in [2.05, 4.69) is 51.0 Å².